The van der Waals surface area contributed by atoms with E-state index in [1.54, 1.807) is 0 Å². The van der Waals surface area contributed by atoms with Crippen LogP contribution in [-0.2, 0) is 27.1 Å². The van der Waals surface area contributed by atoms with Crippen LogP contribution in [0, 0.1) is 0 Å². The van der Waals surface area contributed by atoms with Gasteiger partial charge in [-0.15, -0.1) is 0 Å². The second-order valence-corrected chi connectivity index (χ2v) is 24.8. The van der Waals surface area contributed by atoms with E-state index in [9.17, 15) is 0 Å². The monoisotopic (exact) mass is 851 g/mol. The molecule has 0 N–H and O–H groups in total. The molecule has 2 aliphatic rings. The molecule has 0 bridgehead atoms. The van der Waals surface area contributed by atoms with Crippen molar-refractivity contribution in [3.63, 3.8) is 0 Å². The maximum Gasteiger partial charge on any atom is 0.297 e. The number of nitrogens with zero attached hydrogens (tertiary/aromatic N) is 3. The summed E-state index contributed by atoms with van der Waals surface area (Å²) in [5, 5.41) is 7.66. The van der Waals surface area contributed by atoms with E-state index in [1.807, 2.05) is 0 Å². The van der Waals surface area contributed by atoms with E-state index in [0.717, 1.165) is 5.66 Å². The SMILES string of the molecule is CC(C)(C)c1ccc(N2c3ccc(C(C)(C)C)cc3B3c4c2c2c5cc(C(C)(C)C)ccc5n5c6ccc(C(C)(C)C)cc6c(c4-n4c6ccc(C(C)(C)C)cc6c6coc3c64)c25)cc1. The molecule has 0 radical (unpaired) electrons. The lowest BCUT2D eigenvalue weighted by Gasteiger charge is -2.40. The lowest BCUT2D eigenvalue weighted by molar-refractivity contribution is 0.590. The fraction of sp³-hybridized carbons (Fsp3) is 0.333. The zero-order valence-electron chi connectivity index (χ0n) is 41.1. The van der Waals surface area contributed by atoms with Crippen LogP contribution in [-0.4, -0.2) is 15.7 Å². The highest BCUT2D eigenvalue weighted by atomic mass is 16.3. The highest BCUT2D eigenvalue weighted by molar-refractivity contribution is 7.00. The predicted molar refractivity (Wildman–Crippen MR) is 281 cm³/mol. The minimum absolute atomic E-state index is 0.00733. The third-order valence-corrected chi connectivity index (χ3v) is 15.3. The molecule has 5 heteroatoms. The Balaban J connectivity index is 1.37. The maximum absolute atomic E-state index is 7.12. The Hall–Kier alpha value is -5.94. The molecule has 2 aliphatic heterocycles. The Labute approximate surface area is 384 Å². The summed E-state index contributed by atoms with van der Waals surface area (Å²) in [6.45, 7) is 34.8. The van der Waals surface area contributed by atoms with Crippen molar-refractivity contribution in [2.75, 3.05) is 4.90 Å². The van der Waals surface area contributed by atoms with Gasteiger partial charge in [0.25, 0.3) is 6.71 Å². The van der Waals surface area contributed by atoms with Crippen molar-refractivity contribution >= 4 is 100 Å². The van der Waals surface area contributed by atoms with E-state index >= 15 is 0 Å². The van der Waals surface area contributed by atoms with E-state index in [1.165, 1.54) is 121 Å². The first-order valence-electron chi connectivity index (χ1n) is 23.9. The minimum Gasteiger partial charge on any atom is -0.476 e. The molecule has 0 fully saturated rings. The predicted octanol–water partition coefficient (Wildman–Crippen LogP) is 14.6. The van der Waals surface area contributed by atoms with E-state index < -0.39 is 0 Å². The third kappa shape index (κ3) is 5.45. The van der Waals surface area contributed by atoms with Crippen LogP contribution >= 0.6 is 0 Å². The molecule has 4 aromatic heterocycles. The van der Waals surface area contributed by atoms with Crippen molar-refractivity contribution in [3.05, 3.63) is 131 Å². The highest BCUT2D eigenvalue weighted by Gasteiger charge is 2.48. The normalized spacial score (nSPS) is 14.6. The molecule has 0 saturated carbocycles. The van der Waals surface area contributed by atoms with E-state index in [4.69, 9.17) is 4.42 Å². The molecule has 0 aliphatic carbocycles. The maximum atomic E-state index is 7.12. The van der Waals surface area contributed by atoms with Gasteiger partial charge in [-0.1, -0.05) is 146 Å². The van der Waals surface area contributed by atoms with Crippen molar-refractivity contribution in [2.24, 2.45) is 0 Å². The molecule has 65 heavy (non-hydrogen) atoms. The number of benzene rings is 6. The van der Waals surface area contributed by atoms with Gasteiger partial charge in [0.1, 0.15) is 0 Å². The Kier molecular flexibility index (Phi) is 7.79. The van der Waals surface area contributed by atoms with Gasteiger partial charge in [-0.3, -0.25) is 0 Å². The van der Waals surface area contributed by atoms with Gasteiger partial charge in [-0.05, 0) is 120 Å². The van der Waals surface area contributed by atoms with Crippen molar-refractivity contribution in [3.8, 4) is 5.69 Å². The molecule has 0 atom stereocenters. The highest BCUT2D eigenvalue weighted by Crippen LogP contribution is 2.53. The van der Waals surface area contributed by atoms with Gasteiger partial charge < -0.3 is 18.3 Å². The lowest BCUT2D eigenvalue weighted by Crippen LogP contribution is -2.60. The molecule has 326 valence electrons. The average molecular weight is 852 g/mol. The first kappa shape index (κ1) is 40.6. The van der Waals surface area contributed by atoms with Gasteiger partial charge in [-0.2, -0.15) is 0 Å². The summed E-state index contributed by atoms with van der Waals surface area (Å²) in [7, 11) is 0. The van der Waals surface area contributed by atoms with Crippen LogP contribution in [0.25, 0.3) is 65.6 Å². The van der Waals surface area contributed by atoms with Crippen LogP contribution < -0.4 is 21.5 Å². The lowest BCUT2D eigenvalue weighted by atomic mass is 9.35. The second kappa shape index (κ2) is 12.5. The molecular weight excluding hydrogens is 789 g/mol. The van der Waals surface area contributed by atoms with Crippen molar-refractivity contribution in [2.45, 2.75) is 131 Å². The molecule has 0 amide bonds. The largest absolute Gasteiger partial charge is 0.476 e. The molecule has 4 nitrogen and oxygen atoms in total. The summed E-state index contributed by atoms with van der Waals surface area (Å²) < 4.78 is 12.4. The number of rotatable bonds is 1. The zero-order valence-corrected chi connectivity index (χ0v) is 41.1. The standard InChI is InChI=1S/C60H62BN3O/c1-56(2,3)33-16-22-38(23-17-33)62-47-27-21-37(60(13,14)15)31-43(47)61-50-53(62)48-40-29-35(58(7,8)9)19-25-45(40)63-46-26-20-36(59(10,11)12)30-41(46)49(52(48)63)54(50)64-44-24-18-34(57(4,5)6)28-39(44)42-32-65-55(61)51(42)64/h16-32H,1-15H3. The van der Waals surface area contributed by atoms with Crippen molar-refractivity contribution < 1.29 is 4.42 Å². The summed E-state index contributed by atoms with van der Waals surface area (Å²) in [4.78, 5) is 2.63. The number of fused-ring (bicyclic) bond motifs is 15. The molecule has 0 saturated heterocycles. The third-order valence-electron chi connectivity index (χ3n) is 15.3. The summed E-state index contributed by atoms with van der Waals surface area (Å²) in [5.41, 5.74) is 21.3. The molecule has 10 aromatic rings. The van der Waals surface area contributed by atoms with E-state index in [-0.39, 0.29) is 33.8 Å². The fourth-order valence-electron chi connectivity index (χ4n) is 11.5. The number of aromatic nitrogens is 2. The molecule has 12 rings (SSSR count). The van der Waals surface area contributed by atoms with E-state index in [2.05, 4.69) is 221 Å². The summed E-state index contributed by atoms with van der Waals surface area (Å²) in [6, 6.07) is 38.6. The number of hydrogen-bond donors (Lipinski definition) is 0. The van der Waals surface area contributed by atoms with Crippen molar-refractivity contribution in [1.29, 1.82) is 0 Å². The number of anilines is 3. The zero-order chi connectivity index (χ0) is 45.8. The minimum atomic E-state index is -0.140. The van der Waals surface area contributed by atoms with Crippen LogP contribution in [0.5, 0.6) is 0 Å². The Morgan fingerprint density at radius 1 is 0.431 bits per heavy atom. The van der Waals surface area contributed by atoms with Gasteiger partial charge in [0.15, 0.2) is 0 Å². The Morgan fingerprint density at radius 3 is 1.43 bits per heavy atom. The number of hydrogen-bond acceptors (Lipinski definition) is 2. The summed E-state index contributed by atoms with van der Waals surface area (Å²) in [6.07, 6.45) is 2.07. The Morgan fingerprint density at radius 2 is 0.892 bits per heavy atom. The number of furan rings is 1. The molecule has 6 heterocycles. The molecule has 0 spiro atoms. The average Bonchev–Trinajstić information content (AvgIpc) is 3.98. The summed E-state index contributed by atoms with van der Waals surface area (Å²) in [5.74, 6) is 0. The topological polar surface area (TPSA) is 25.7 Å². The van der Waals surface area contributed by atoms with Gasteiger partial charge in [-0.25, -0.2) is 0 Å². The second-order valence-electron chi connectivity index (χ2n) is 24.8. The first-order valence-corrected chi connectivity index (χ1v) is 23.9. The van der Waals surface area contributed by atoms with E-state index in [0.29, 0.717) is 0 Å². The van der Waals surface area contributed by atoms with Crippen LogP contribution in [0.3, 0.4) is 0 Å². The molecular formula is C60H62BN3O. The molecule has 0 unspecified atom stereocenters. The molecule has 6 aromatic carbocycles. The van der Waals surface area contributed by atoms with Crippen LogP contribution in [0.2, 0.25) is 0 Å². The summed E-state index contributed by atoms with van der Waals surface area (Å²) >= 11 is 0. The van der Waals surface area contributed by atoms with Gasteiger partial charge in [0, 0.05) is 43.7 Å². The Bertz CT molecular complexity index is 3670. The fourth-order valence-corrected chi connectivity index (χ4v) is 11.5. The van der Waals surface area contributed by atoms with Gasteiger partial charge >= 0.3 is 0 Å². The quantitative estimate of drug-likeness (QED) is 0.154. The van der Waals surface area contributed by atoms with Crippen LogP contribution in [0.15, 0.2) is 108 Å². The van der Waals surface area contributed by atoms with Crippen LogP contribution in [0.1, 0.15) is 132 Å². The van der Waals surface area contributed by atoms with Gasteiger partial charge in [0.2, 0.25) is 0 Å². The van der Waals surface area contributed by atoms with Gasteiger partial charge in [0.05, 0.1) is 50.9 Å². The first-order chi connectivity index (χ1) is 30.4. The van der Waals surface area contributed by atoms with Crippen LogP contribution in [0.4, 0.5) is 17.1 Å². The van der Waals surface area contributed by atoms with Crippen molar-refractivity contribution in [1.82, 2.24) is 8.97 Å². The smallest absolute Gasteiger partial charge is 0.297 e.